The van der Waals surface area contributed by atoms with E-state index >= 15 is 8.78 Å². The molecule has 0 aliphatic heterocycles. The highest BCUT2D eigenvalue weighted by Gasteiger charge is 2.50. The van der Waals surface area contributed by atoms with Gasteiger partial charge in [0.25, 0.3) is 0 Å². The summed E-state index contributed by atoms with van der Waals surface area (Å²) in [6.45, 7) is 12.3. The lowest BCUT2D eigenvalue weighted by atomic mass is 9.77. The number of halogens is 2. The maximum Gasteiger partial charge on any atom is 0.137 e. The van der Waals surface area contributed by atoms with Crippen LogP contribution in [0.2, 0.25) is 0 Å². The SMILES string of the molecule is Cc1ccc2c3c(sc2c1)-c1c(F)c2c(c(F)c1C3(C)C)-c1sc3cc(C)ccc3c1C2(C)C. The fourth-order valence-corrected chi connectivity index (χ4v) is 9.55. The minimum Gasteiger partial charge on any atom is -0.206 e. The summed E-state index contributed by atoms with van der Waals surface area (Å²) in [5.41, 5.74) is 5.27. The highest BCUT2D eigenvalue weighted by atomic mass is 32.1. The molecule has 3 aromatic carbocycles. The Hall–Kier alpha value is -2.56. The third kappa shape index (κ3) is 2.23. The van der Waals surface area contributed by atoms with Gasteiger partial charge in [0.05, 0.1) is 0 Å². The average Bonchev–Trinajstić information content (AvgIpc) is 3.42. The number of benzene rings is 3. The molecule has 0 fully saturated rings. The molecule has 0 unspecified atom stereocenters. The predicted octanol–water partition coefficient (Wildman–Crippen LogP) is 9.62. The summed E-state index contributed by atoms with van der Waals surface area (Å²) in [7, 11) is 0. The van der Waals surface area contributed by atoms with E-state index in [-0.39, 0.29) is 11.6 Å². The minimum absolute atomic E-state index is 0.241. The molecule has 2 aliphatic carbocycles. The van der Waals surface area contributed by atoms with E-state index in [1.165, 1.54) is 11.1 Å². The van der Waals surface area contributed by atoms with Gasteiger partial charge in [0.2, 0.25) is 0 Å². The van der Waals surface area contributed by atoms with Crippen molar-refractivity contribution in [2.45, 2.75) is 52.4 Å². The second-order valence-electron chi connectivity index (χ2n) is 11.0. The normalized spacial score (nSPS) is 16.7. The summed E-state index contributed by atoms with van der Waals surface area (Å²) in [6.07, 6.45) is 0. The Morgan fingerprint density at radius 3 is 1.35 bits per heavy atom. The van der Waals surface area contributed by atoms with Gasteiger partial charge in [0, 0.05) is 52.2 Å². The van der Waals surface area contributed by atoms with Crippen molar-refractivity contribution in [3.63, 3.8) is 0 Å². The molecule has 0 bridgehead atoms. The molecule has 0 spiro atoms. The Morgan fingerprint density at radius 1 is 0.588 bits per heavy atom. The molecule has 0 nitrogen and oxygen atoms in total. The Bertz CT molecular complexity index is 1610. The zero-order valence-electron chi connectivity index (χ0n) is 20.0. The van der Waals surface area contributed by atoms with Crippen molar-refractivity contribution < 1.29 is 8.78 Å². The van der Waals surface area contributed by atoms with Gasteiger partial charge < -0.3 is 0 Å². The fourth-order valence-electron chi connectivity index (χ4n) is 6.54. The van der Waals surface area contributed by atoms with Crippen LogP contribution in [0.25, 0.3) is 41.1 Å². The Labute approximate surface area is 205 Å². The molecule has 2 aromatic heterocycles. The average molecular weight is 487 g/mol. The van der Waals surface area contributed by atoms with Crippen LogP contribution in [0.15, 0.2) is 36.4 Å². The third-order valence-electron chi connectivity index (χ3n) is 8.02. The molecule has 0 N–H and O–H groups in total. The predicted molar refractivity (Wildman–Crippen MR) is 142 cm³/mol. The summed E-state index contributed by atoms with van der Waals surface area (Å²) in [5, 5.41) is 2.23. The topological polar surface area (TPSA) is 0 Å². The molecule has 4 heteroatoms. The van der Waals surface area contributed by atoms with Crippen molar-refractivity contribution in [2.75, 3.05) is 0 Å². The van der Waals surface area contributed by atoms with Crippen molar-refractivity contribution in [2.24, 2.45) is 0 Å². The molecule has 170 valence electrons. The Morgan fingerprint density at radius 2 is 0.971 bits per heavy atom. The lowest BCUT2D eigenvalue weighted by molar-refractivity contribution is 0.531. The molecule has 5 aromatic rings. The lowest BCUT2D eigenvalue weighted by Gasteiger charge is -2.26. The first-order valence-electron chi connectivity index (χ1n) is 11.7. The van der Waals surface area contributed by atoms with Crippen molar-refractivity contribution in [1.82, 2.24) is 0 Å². The van der Waals surface area contributed by atoms with Gasteiger partial charge in [0.15, 0.2) is 0 Å². The summed E-state index contributed by atoms with van der Waals surface area (Å²) >= 11 is 3.20. The van der Waals surface area contributed by atoms with Crippen LogP contribution >= 0.6 is 22.7 Å². The maximum atomic E-state index is 16.7. The van der Waals surface area contributed by atoms with E-state index in [2.05, 4.69) is 50.2 Å². The molecule has 0 radical (unpaired) electrons. The number of rotatable bonds is 0. The van der Waals surface area contributed by atoms with Gasteiger partial charge in [-0.25, -0.2) is 8.78 Å². The van der Waals surface area contributed by atoms with Gasteiger partial charge >= 0.3 is 0 Å². The van der Waals surface area contributed by atoms with Gasteiger partial charge in [-0.05, 0) is 59.0 Å². The Kier molecular flexibility index (Phi) is 3.77. The number of hydrogen-bond acceptors (Lipinski definition) is 2. The second-order valence-corrected chi connectivity index (χ2v) is 13.1. The van der Waals surface area contributed by atoms with E-state index in [0.717, 1.165) is 41.1 Å². The zero-order valence-corrected chi connectivity index (χ0v) is 21.7. The molecule has 0 amide bonds. The van der Waals surface area contributed by atoms with Crippen LogP contribution in [-0.4, -0.2) is 0 Å². The van der Waals surface area contributed by atoms with Gasteiger partial charge in [-0.2, -0.15) is 0 Å². The number of fused-ring (bicyclic) bond motifs is 10. The Balaban J connectivity index is 1.62. The van der Waals surface area contributed by atoms with Crippen LogP contribution in [0.4, 0.5) is 8.78 Å². The summed E-state index contributed by atoms with van der Waals surface area (Å²) in [4.78, 5) is 1.79. The molecule has 7 rings (SSSR count). The van der Waals surface area contributed by atoms with E-state index in [0.29, 0.717) is 22.3 Å². The summed E-state index contributed by atoms with van der Waals surface area (Å²) in [5.74, 6) is -0.481. The molecule has 0 saturated heterocycles. The first-order valence-corrected chi connectivity index (χ1v) is 13.3. The monoisotopic (exact) mass is 486 g/mol. The van der Waals surface area contributed by atoms with Crippen molar-refractivity contribution in [1.29, 1.82) is 0 Å². The molecular formula is C30H24F2S2. The number of hydrogen-bond donors (Lipinski definition) is 0. The third-order valence-corrected chi connectivity index (χ3v) is 10.4. The van der Waals surface area contributed by atoms with Crippen LogP contribution in [0.5, 0.6) is 0 Å². The zero-order chi connectivity index (χ0) is 23.9. The quantitative estimate of drug-likeness (QED) is 0.204. The number of aryl methyl sites for hydroxylation is 2. The van der Waals surface area contributed by atoms with Crippen molar-refractivity contribution in [3.8, 4) is 20.9 Å². The molecule has 2 heterocycles. The summed E-state index contributed by atoms with van der Waals surface area (Å²) in [6, 6.07) is 12.7. The molecule has 0 atom stereocenters. The summed E-state index contributed by atoms with van der Waals surface area (Å²) < 4.78 is 35.7. The van der Waals surface area contributed by atoms with Crippen LogP contribution < -0.4 is 0 Å². The second kappa shape index (κ2) is 6.16. The van der Waals surface area contributed by atoms with E-state index in [1.54, 1.807) is 22.7 Å². The van der Waals surface area contributed by atoms with Crippen LogP contribution in [0.3, 0.4) is 0 Å². The first kappa shape index (κ1) is 20.8. The van der Waals surface area contributed by atoms with Crippen molar-refractivity contribution >= 4 is 42.8 Å². The van der Waals surface area contributed by atoms with Gasteiger partial charge in [-0.15, -0.1) is 22.7 Å². The molecular weight excluding hydrogens is 462 g/mol. The largest absolute Gasteiger partial charge is 0.206 e. The highest BCUT2D eigenvalue weighted by molar-refractivity contribution is 7.23. The number of thiophene rings is 2. The minimum atomic E-state index is -0.613. The molecule has 2 aliphatic rings. The highest BCUT2D eigenvalue weighted by Crippen LogP contribution is 2.63. The van der Waals surface area contributed by atoms with E-state index in [4.69, 9.17) is 0 Å². The lowest BCUT2D eigenvalue weighted by Crippen LogP contribution is -2.21. The standard InChI is InChI=1S/C30H24F2S2/c1-13-7-9-15-17(11-13)33-27-19-23(29(3,4)21(15)27)26(32)20-24(25(19)31)30(5,6)22-16-10-8-14(2)12-18(16)34-28(20)22/h7-12H,1-6H3. The maximum absolute atomic E-state index is 16.7. The van der Waals surface area contributed by atoms with Gasteiger partial charge in [0.1, 0.15) is 11.6 Å². The van der Waals surface area contributed by atoms with E-state index in [1.807, 2.05) is 27.7 Å². The smallest absolute Gasteiger partial charge is 0.137 e. The molecule has 34 heavy (non-hydrogen) atoms. The molecule has 0 saturated carbocycles. The van der Waals surface area contributed by atoms with Crippen molar-refractivity contribution in [3.05, 3.63) is 81.4 Å². The van der Waals surface area contributed by atoms with Crippen LogP contribution in [-0.2, 0) is 10.8 Å². The van der Waals surface area contributed by atoms with E-state index in [9.17, 15) is 0 Å². The van der Waals surface area contributed by atoms with Gasteiger partial charge in [-0.3, -0.25) is 0 Å². The van der Waals surface area contributed by atoms with Gasteiger partial charge in [-0.1, -0.05) is 52.0 Å². The van der Waals surface area contributed by atoms with E-state index < -0.39 is 10.8 Å². The van der Waals surface area contributed by atoms with Crippen LogP contribution in [0, 0.1) is 25.5 Å². The fraction of sp³-hybridized carbons (Fsp3) is 0.267. The first-order chi connectivity index (χ1) is 16.0. The van der Waals surface area contributed by atoms with Crippen LogP contribution in [0.1, 0.15) is 61.1 Å².